The third kappa shape index (κ3) is 2.60. The second-order valence-electron chi connectivity index (χ2n) is 2.52. The summed E-state index contributed by atoms with van der Waals surface area (Å²) in [4.78, 5) is 4.23. The summed E-state index contributed by atoms with van der Waals surface area (Å²) in [6.45, 7) is 2.19. The van der Waals surface area contributed by atoms with Gasteiger partial charge < -0.3 is 5.32 Å². The smallest absolute Gasteiger partial charge is 0.0940 e. The highest BCUT2D eigenvalue weighted by Gasteiger charge is 2.04. The van der Waals surface area contributed by atoms with Crippen LogP contribution in [0.1, 0.15) is 18.4 Å². The number of aromatic nitrogens is 1. The molecular weight excluding hydrogens is 156 g/mol. The predicted octanol–water partition coefficient (Wildman–Crippen LogP) is 1.68. The van der Waals surface area contributed by atoms with Gasteiger partial charge in [0.05, 0.1) is 5.01 Å². The Morgan fingerprint density at radius 2 is 2.55 bits per heavy atom. The van der Waals surface area contributed by atoms with E-state index in [4.69, 9.17) is 0 Å². The summed E-state index contributed by atoms with van der Waals surface area (Å²) in [6, 6.07) is 0.584. The monoisotopic (exact) mass is 170 g/mol. The molecule has 0 aliphatic carbocycles. The molecule has 0 aliphatic rings. The van der Waals surface area contributed by atoms with Gasteiger partial charge in [-0.05, 0) is 13.5 Å². The molecule has 11 heavy (non-hydrogen) atoms. The summed E-state index contributed by atoms with van der Waals surface area (Å²) in [5, 5.41) is 6.51. The molecule has 0 spiro atoms. The molecule has 1 N–H and O–H groups in total. The first kappa shape index (κ1) is 8.68. The van der Waals surface area contributed by atoms with E-state index in [2.05, 4.69) is 17.2 Å². The Bertz CT molecular complexity index is 180. The van der Waals surface area contributed by atoms with E-state index in [1.807, 2.05) is 18.6 Å². The topological polar surface area (TPSA) is 24.9 Å². The summed E-state index contributed by atoms with van der Waals surface area (Å²) in [5.41, 5.74) is 0. The maximum Gasteiger partial charge on any atom is 0.0940 e. The predicted molar refractivity (Wildman–Crippen MR) is 49.0 cm³/mol. The molecule has 1 aromatic heterocycles. The maximum atomic E-state index is 4.23. The van der Waals surface area contributed by atoms with Gasteiger partial charge in [-0.2, -0.15) is 0 Å². The SMILES string of the molecule is CCC(Cc1nccs1)NC. The molecule has 1 aromatic rings. The fraction of sp³-hybridized carbons (Fsp3) is 0.625. The zero-order valence-corrected chi connectivity index (χ0v) is 7.82. The Morgan fingerprint density at radius 1 is 1.73 bits per heavy atom. The molecule has 0 aliphatic heterocycles. The van der Waals surface area contributed by atoms with Gasteiger partial charge in [-0.25, -0.2) is 4.98 Å². The first-order valence-electron chi connectivity index (χ1n) is 3.92. The molecule has 0 radical (unpaired) electrons. The molecule has 0 bridgehead atoms. The van der Waals surface area contributed by atoms with Crippen LogP contribution in [0.2, 0.25) is 0 Å². The van der Waals surface area contributed by atoms with E-state index in [9.17, 15) is 0 Å². The van der Waals surface area contributed by atoms with E-state index in [1.165, 1.54) is 5.01 Å². The van der Waals surface area contributed by atoms with E-state index in [-0.39, 0.29) is 0 Å². The van der Waals surface area contributed by atoms with E-state index in [0.29, 0.717) is 6.04 Å². The molecule has 2 nitrogen and oxygen atoms in total. The van der Waals surface area contributed by atoms with Gasteiger partial charge in [-0.3, -0.25) is 0 Å². The van der Waals surface area contributed by atoms with Crippen LogP contribution in [0.4, 0.5) is 0 Å². The highest BCUT2D eigenvalue weighted by atomic mass is 32.1. The molecule has 0 amide bonds. The highest BCUT2D eigenvalue weighted by Crippen LogP contribution is 2.08. The van der Waals surface area contributed by atoms with E-state index >= 15 is 0 Å². The molecule has 0 aromatic carbocycles. The minimum atomic E-state index is 0.584. The average molecular weight is 170 g/mol. The molecule has 1 heterocycles. The fourth-order valence-electron chi connectivity index (χ4n) is 1.02. The zero-order valence-electron chi connectivity index (χ0n) is 7.00. The molecule has 1 rings (SSSR count). The largest absolute Gasteiger partial charge is 0.317 e. The molecule has 0 saturated carbocycles. The maximum absolute atomic E-state index is 4.23. The van der Waals surface area contributed by atoms with Crippen molar-refractivity contribution in [3.8, 4) is 0 Å². The van der Waals surface area contributed by atoms with E-state index in [1.54, 1.807) is 11.3 Å². The second-order valence-corrected chi connectivity index (χ2v) is 3.50. The zero-order chi connectivity index (χ0) is 8.10. The van der Waals surface area contributed by atoms with Crippen molar-refractivity contribution in [1.82, 2.24) is 10.3 Å². The van der Waals surface area contributed by atoms with Gasteiger partial charge in [0.15, 0.2) is 0 Å². The summed E-state index contributed by atoms with van der Waals surface area (Å²) in [6.07, 6.45) is 4.09. The number of thiazole rings is 1. The Labute approximate surface area is 71.7 Å². The van der Waals surface area contributed by atoms with Gasteiger partial charge in [0, 0.05) is 24.0 Å². The quantitative estimate of drug-likeness (QED) is 0.743. The van der Waals surface area contributed by atoms with Gasteiger partial charge in [0.25, 0.3) is 0 Å². The Kier molecular flexibility index (Phi) is 3.52. The lowest BCUT2D eigenvalue weighted by atomic mass is 10.2. The average Bonchev–Trinajstić information content (AvgIpc) is 2.52. The van der Waals surface area contributed by atoms with Crippen molar-refractivity contribution in [1.29, 1.82) is 0 Å². The standard InChI is InChI=1S/C8H14N2S/c1-3-7(9-2)6-8-10-4-5-11-8/h4-5,7,9H,3,6H2,1-2H3. The van der Waals surface area contributed by atoms with Gasteiger partial charge >= 0.3 is 0 Å². The fourth-order valence-corrected chi connectivity index (χ4v) is 1.71. The number of hydrogen-bond acceptors (Lipinski definition) is 3. The Morgan fingerprint density at radius 3 is 3.00 bits per heavy atom. The molecule has 1 unspecified atom stereocenters. The Hall–Kier alpha value is -0.410. The number of likely N-dealkylation sites (N-methyl/N-ethyl adjacent to an activating group) is 1. The van der Waals surface area contributed by atoms with Gasteiger partial charge in [0.1, 0.15) is 0 Å². The molecule has 0 saturated heterocycles. The summed E-state index contributed by atoms with van der Waals surface area (Å²) in [5.74, 6) is 0. The van der Waals surface area contributed by atoms with Crippen LogP contribution in [0.5, 0.6) is 0 Å². The lowest BCUT2D eigenvalue weighted by Gasteiger charge is -2.10. The lowest BCUT2D eigenvalue weighted by Crippen LogP contribution is -2.26. The summed E-state index contributed by atoms with van der Waals surface area (Å²) >= 11 is 1.73. The van der Waals surface area contributed by atoms with Crippen LogP contribution < -0.4 is 5.32 Å². The van der Waals surface area contributed by atoms with Crippen molar-refractivity contribution >= 4 is 11.3 Å². The lowest BCUT2D eigenvalue weighted by molar-refractivity contribution is 0.542. The minimum absolute atomic E-state index is 0.584. The summed E-state index contributed by atoms with van der Waals surface area (Å²) < 4.78 is 0. The molecule has 1 atom stereocenters. The van der Waals surface area contributed by atoms with Crippen LogP contribution in [0, 0.1) is 0 Å². The Balaban J connectivity index is 2.41. The molecular formula is C8H14N2S. The van der Waals surface area contributed by atoms with Crippen LogP contribution in [0.3, 0.4) is 0 Å². The first-order valence-corrected chi connectivity index (χ1v) is 4.80. The minimum Gasteiger partial charge on any atom is -0.317 e. The van der Waals surface area contributed by atoms with Gasteiger partial charge in [0.2, 0.25) is 0 Å². The van der Waals surface area contributed by atoms with Crippen molar-refractivity contribution in [3.63, 3.8) is 0 Å². The van der Waals surface area contributed by atoms with E-state index < -0.39 is 0 Å². The number of nitrogens with zero attached hydrogens (tertiary/aromatic N) is 1. The summed E-state index contributed by atoms with van der Waals surface area (Å²) in [7, 11) is 2.00. The van der Waals surface area contributed by atoms with Crippen molar-refractivity contribution in [3.05, 3.63) is 16.6 Å². The number of nitrogens with one attached hydrogen (secondary N) is 1. The van der Waals surface area contributed by atoms with Crippen molar-refractivity contribution < 1.29 is 0 Å². The van der Waals surface area contributed by atoms with Crippen molar-refractivity contribution in [2.45, 2.75) is 25.8 Å². The third-order valence-electron chi connectivity index (χ3n) is 1.81. The number of rotatable bonds is 4. The van der Waals surface area contributed by atoms with Crippen LogP contribution in [0.15, 0.2) is 11.6 Å². The van der Waals surface area contributed by atoms with E-state index in [0.717, 1.165) is 12.8 Å². The first-order chi connectivity index (χ1) is 5.36. The van der Waals surface area contributed by atoms with Crippen LogP contribution in [-0.2, 0) is 6.42 Å². The molecule has 3 heteroatoms. The second kappa shape index (κ2) is 4.46. The van der Waals surface area contributed by atoms with Crippen LogP contribution in [0.25, 0.3) is 0 Å². The third-order valence-corrected chi connectivity index (χ3v) is 2.61. The number of hydrogen-bond donors (Lipinski definition) is 1. The molecule has 62 valence electrons. The normalized spacial score (nSPS) is 13.3. The van der Waals surface area contributed by atoms with Gasteiger partial charge in [-0.15, -0.1) is 11.3 Å². The van der Waals surface area contributed by atoms with Crippen LogP contribution in [-0.4, -0.2) is 18.1 Å². The van der Waals surface area contributed by atoms with Crippen molar-refractivity contribution in [2.24, 2.45) is 0 Å². The van der Waals surface area contributed by atoms with Crippen LogP contribution >= 0.6 is 11.3 Å². The van der Waals surface area contributed by atoms with Crippen molar-refractivity contribution in [2.75, 3.05) is 7.05 Å². The highest BCUT2D eigenvalue weighted by molar-refractivity contribution is 7.09. The molecule has 0 fully saturated rings. The van der Waals surface area contributed by atoms with Gasteiger partial charge in [-0.1, -0.05) is 6.92 Å².